The summed E-state index contributed by atoms with van der Waals surface area (Å²) in [7, 11) is -3.58. The summed E-state index contributed by atoms with van der Waals surface area (Å²) in [5.41, 5.74) is 6.35. The van der Waals surface area contributed by atoms with E-state index in [-0.39, 0.29) is 23.8 Å². The summed E-state index contributed by atoms with van der Waals surface area (Å²) in [6.07, 6.45) is 1.78. The first-order valence-corrected chi connectivity index (χ1v) is 19.7. The van der Waals surface area contributed by atoms with Gasteiger partial charge in [-0.2, -0.15) is 0 Å². The molecule has 1 N–H and O–H groups in total. The van der Waals surface area contributed by atoms with Gasteiger partial charge in [0, 0.05) is 13.5 Å². The van der Waals surface area contributed by atoms with Crippen molar-refractivity contribution in [1.82, 2.24) is 4.90 Å². The monoisotopic (exact) mass is 577 g/mol. The lowest BCUT2D eigenvalue weighted by Gasteiger charge is -2.54. The molecule has 0 aromatic heterocycles. The number of phenolic OH excluding ortho intramolecular Hbond substituents is 1. The average molecular weight is 578 g/mol. The molecule has 3 rings (SSSR count). The van der Waals surface area contributed by atoms with Crippen molar-refractivity contribution in [3.8, 4) is 5.75 Å². The molecule has 1 amide bonds. The number of fused-ring (bicyclic) bond motifs is 3. The number of hydrogen-bond donors (Lipinski definition) is 1. The molecule has 0 spiro atoms. The molecule has 39 heavy (non-hydrogen) atoms. The number of morpholine rings is 1. The number of amides is 1. The smallest absolute Gasteiger partial charge is 0.219 e. The van der Waals surface area contributed by atoms with Crippen molar-refractivity contribution >= 4 is 22.5 Å². The molecule has 2 atom stereocenters. The van der Waals surface area contributed by atoms with Gasteiger partial charge in [-0.25, -0.2) is 0 Å². The van der Waals surface area contributed by atoms with E-state index in [1.165, 1.54) is 5.56 Å². The molecule has 7 heteroatoms. The Kier molecular flexibility index (Phi) is 11.9. The highest BCUT2D eigenvalue weighted by molar-refractivity contribution is 6.90. The quantitative estimate of drug-likeness (QED) is 0.313. The van der Waals surface area contributed by atoms with Crippen LogP contribution >= 0.6 is 0 Å². The number of hydrogen-bond acceptors (Lipinski definition) is 4. The Morgan fingerprint density at radius 3 is 1.74 bits per heavy atom. The van der Waals surface area contributed by atoms with E-state index in [1.54, 1.807) is 19.1 Å². The normalized spacial score (nSPS) is 20.0. The van der Waals surface area contributed by atoms with E-state index in [0.717, 1.165) is 18.4 Å². The van der Waals surface area contributed by atoms with Gasteiger partial charge in [-0.15, -0.1) is 0 Å². The van der Waals surface area contributed by atoms with E-state index < -0.39 is 16.6 Å². The zero-order valence-electron chi connectivity index (χ0n) is 27.3. The molecule has 1 fully saturated rings. The predicted octanol–water partition coefficient (Wildman–Crippen LogP) is 8.98. The van der Waals surface area contributed by atoms with Gasteiger partial charge in [0.05, 0.1) is 12.6 Å². The number of nitrogens with zero attached hydrogens (tertiary/aromatic N) is 1. The van der Waals surface area contributed by atoms with Crippen molar-refractivity contribution in [1.29, 1.82) is 0 Å². The van der Waals surface area contributed by atoms with E-state index >= 15 is 0 Å². The second-order valence-electron chi connectivity index (χ2n) is 13.7. The van der Waals surface area contributed by atoms with Crippen molar-refractivity contribution in [3.63, 3.8) is 0 Å². The Morgan fingerprint density at radius 2 is 1.33 bits per heavy atom. The molecule has 1 aromatic carbocycles. The predicted molar refractivity (Wildman–Crippen MR) is 169 cm³/mol. The number of ether oxygens (including phenoxy) is 1. The van der Waals surface area contributed by atoms with Crippen LogP contribution in [0.4, 0.5) is 0 Å². The summed E-state index contributed by atoms with van der Waals surface area (Å²) in [4.78, 5) is 13.6. The molecule has 224 valence electrons. The third-order valence-electron chi connectivity index (χ3n) is 9.70. The number of rotatable bonds is 8. The lowest BCUT2D eigenvalue weighted by atomic mass is 9.84. The molecule has 5 nitrogen and oxygen atoms in total. The summed E-state index contributed by atoms with van der Waals surface area (Å²) in [6.45, 7) is 31.8. The zero-order valence-corrected chi connectivity index (χ0v) is 29.3. The van der Waals surface area contributed by atoms with E-state index in [2.05, 4.69) is 83.1 Å². The van der Waals surface area contributed by atoms with Gasteiger partial charge in [-0.05, 0) is 69.3 Å². The molecule has 1 heterocycles. The molecule has 1 aliphatic heterocycles. The molecule has 0 saturated carbocycles. The number of phenols is 1. The van der Waals surface area contributed by atoms with Crippen LogP contribution in [-0.2, 0) is 20.1 Å². The van der Waals surface area contributed by atoms with Crippen LogP contribution in [0, 0.1) is 0 Å². The minimum Gasteiger partial charge on any atom is -0.508 e. The van der Waals surface area contributed by atoms with E-state index in [9.17, 15) is 9.90 Å². The Balaban J connectivity index is 0.000000275. The first-order chi connectivity index (χ1) is 18.0. The fourth-order valence-electron chi connectivity index (χ4n) is 8.11. The van der Waals surface area contributed by atoms with Crippen molar-refractivity contribution < 1.29 is 18.8 Å². The molecule has 2 aliphatic rings. The van der Waals surface area contributed by atoms with Gasteiger partial charge in [-0.1, -0.05) is 89.2 Å². The van der Waals surface area contributed by atoms with Gasteiger partial charge in [0.25, 0.3) is 0 Å². The highest BCUT2D eigenvalue weighted by atomic mass is 28.4. The van der Waals surface area contributed by atoms with Crippen LogP contribution in [0.5, 0.6) is 5.75 Å². The third-order valence-corrected chi connectivity index (χ3v) is 23.4. The minimum absolute atomic E-state index is 0.0847. The molecule has 1 aliphatic carbocycles. The van der Waals surface area contributed by atoms with Gasteiger partial charge in [-0.3, -0.25) is 4.79 Å². The van der Waals surface area contributed by atoms with Crippen LogP contribution in [0.25, 0.3) is 0 Å². The fourth-order valence-corrected chi connectivity index (χ4v) is 24.2. The molecule has 0 radical (unpaired) electrons. The standard InChI is InChI=1S/C18H42OSi2.C14H17NO3/c1-13(2)20(14(3)4,15(5)6)19-21(16(7)8,17(9)10)18(11)12;1-9(16)15-6-7-18-14-12-8-11(17)4-2-10(12)3-5-13(14)15/h13-18H,1-12H3;2,4,8,13-14,17H,3,5-7H2,1H3. The summed E-state index contributed by atoms with van der Waals surface area (Å²) < 4.78 is 13.3. The van der Waals surface area contributed by atoms with Crippen molar-refractivity contribution in [2.45, 2.75) is 148 Å². The van der Waals surface area contributed by atoms with E-state index in [4.69, 9.17) is 8.85 Å². The summed E-state index contributed by atoms with van der Waals surface area (Å²) >= 11 is 0. The molecule has 1 aromatic rings. The number of aromatic hydroxyl groups is 1. The van der Waals surface area contributed by atoms with Crippen LogP contribution in [0.3, 0.4) is 0 Å². The maximum atomic E-state index is 11.7. The van der Waals surface area contributed by atoms with Crippen LogP contribution in [0.15, 0.2) is 18.2 Å². The summed E-state index contributed by atoms with van der Waals surface area (Å²) in [5.74, 6) is 0.370. The van der Waals surface area contributed by atoms with E-state index in [0.29, 0.717) is 46.4 Å². The highest BCUT2D eigenvalue weighted by Gasteiger charge is 2.55. The van der Waals surface area contributed by atoms with Crippen LogP contribution in [0.2, 0.25) is 33.2 Å². The maximum Gasteiger partial charge on any atom is 0.219 e. The second kappa shape index (κ2) is 13.7. The molecule has 1 saturated heterocycles. The molecular formula is C32H59NO4Si2. The Bertz CT molecular complexity index is 871. The third kappa shape index (κ3) is 6.84. The van der Waals surface area contributed by atoms with Crippen molar-refractivity contribution in [2.75, 3.05) is 13.2 Å². The Morgan fingerprint density at radius 1 is 0.872 bits per heavy atom. The number of benzene rings is 1. The average Bonchev–Trinajstić information content (AvgIpc) is 2.83. The number of aryl methyl sites for hydroxylation is 1. The van der Waals surface area contributed by atoms with Gasteiger partial charge < -0.3 is 18.9 Å². The van der Waals surface area contributed by atoms with Crippen LogP contribution < -0.4 is 0 Å². The van der Waals surface area contributed by atoms with Gasteiger partial charge >= 0.3 is 0 Å². The van der Waals surface area contributed by atoms with Crippen LogP contribution in [-0.4, -0.2) is 51.7 Å². The summed E-state index contributed by atoms with van der Waals surface area (Å²) in [5, 5.41) is 9.62. The van der Waals surface area contributed by atoms with Gasteiger partial charge in [0.1, 0.15) is 11.9 Å². The topological polar surface area (TPSA) is 59.0 Å². The molecular weight excluding hydrogens is 519 g/mol. The number of carbonyl (C=O) groups is 1. The molecule has 0 bridgehead atoms. The SMILES string of the molecule is CC(=O)N1CCOC2c3cc(O)ccc3CCC21.CC(C)[Si](O[Si](C(C)C)(C(C)C)C(C)C)(C(C)C)C(C)C. The second-order valence-corrected chi connectivity index (χ2v) is 24.9. The van der Waals surface area contributed by atoms with Gasteiger partial charge in [0.15, 0.2) is 16.6 Å². The van der Waals surface area contributed by atoms with Crippen molar-refractivity contribution in [3.05, 3.63) is 29.3 Å². The van der Waals surface area contributed by atoms with Crippen molar-refractivity contribution in [2.24, 2.45) is 0 Å². The zero-order chi connectivity index (χ0) is 29.9. The Hall–Kier alpha value is -1.16. The van der Waals surface area contributed by atoms with E-state index in [1.807, 2.05) is 11.0 Å². The largest absolute Gasteiger partial charge is 0.508 e. The lowest BCUT2D eigenvalue weighted by Crippen LogP contribution is -2.60. The lowest BCUT2D eigenvalue weighted by molar-refractivity contribution is -0.145. The summed E-state index contributed by atoms with van der Waals surface area (Å²) in [6, 6.07) is 5.56. The Labute approximate surface area is 242 Å². The first kappa shape index (κ1) is 34.0. The number of carbonyl (C=O) groups excluding carboxylic acids is 1. The van der Waals surface area contributed by atoms with Crippen LogP contribution in [0.1, 0.15) is 114 Å². The maximum absolute atomic E-state index is 11.7. The first-order valence-electron chi connectivity index (χ1n) is 15.4. The highest BCUT2D eigenvalue weighted by Crippen LogP contribution is 2.51. The molecule has 2 unspecified atom stereocenters. The fraction of sp³-hybridized carbons (Fsp3) is 0.781. The van der Waals surface area contributed by atoms with Gasteiger partial charge in [0.2, 0.25) is 5.91 Å². The minimum atomic E-state index is -1.79.